The predicted molar refractivity (Wildman–Crippen MR) is 68.2 cm³/mol. The molecule has 0 unspecified atom stereocenters. The highest BCUT2D eigenvalue weighted by Crippen LogP contribution is 2.38. The molecule has 0 aliphatic carbocycles. The van der Waals surface area contributed by atoms with Crippen molar-refractivity contribution in [2.45, 2.75) is 52.4 Å². The van der Waals surface area contributed by atoms with Crippen LogP contribution in [-0.4, -0.2) is 12.1 Å². The second-order valence-corrected chi connectivity index (χ2v) is 6.24. The SMILES string of the molecule is COc1ccnc(C(C)(C)C)c1C(C)(C)C. The zero-order valence-corrected chi connectivity index (χ0v) is 11.5. The summed E-state index contributed by atoms with van der Waals surface area (Å²) in [4.78, 5) is 4.55. The van der Waals surface area contributed by atoms with Crippen LogP contribution in [0.3, 0.4) is 0 Å². The highest BCUT2D eigenvalue weighted by molar-refractivity contribution is 5.43. The Labute approximate surface area is 99.0 Å². The van der Waals surface area contributed by atoms with Crippen molar-refractivity contribution in [1.29, 1.82) is 0 Å². The molecule has 2 nitrogen and oxygen atoms in total. The van der Waals surface area contributed by atoms with Crippen LogP contribution < -0.4 is 4.74 Å². The van der Waals surface area contributed by atoms with Crippen molar-refractivity contribution in [3.05, 3.63) is 23.5 Å². The average molecular weight is 221 g/mol. The Morgan fingerprint density at radius 2 is 1.56 bits per heavy atom. The van der Waals surface area contributed by atoms with Crippen molar-refractivity contribution in [2.75, 3.05) is 7.11 Å². The van der Waals surface area contributed by atoms with Gasteiger partial charge in [0, 0.05) is 17.2 Å². The van der Waals surface area contributed by atoms with Gasteiger partial charge in [0.1, 0.15) is 5.75 Å². The van der Waals surface area contributed by atoms with E-state index in [0.29, 0.717) is 0 Å². The van der Waals surface area contributed by atoms with Crippen LogP contribution in [0.15, 0.2) is 12.3 Å². The Morgan fingerprint density at radius 1 is 1.00 bits per heavy atom. The maximum Gasteiger partial charge on any atom is 0.125 e. The largest absolute Gasteiger partial charge is 0.496 e. The van der Waals surface area contributed by atoms with Crippen LogP contribution in [-0.2, 0) is 10.8 Å². The van der Waals surface area contributed by atoms with Gasteiger partial charge < -0.3 is 4.74 Å². The molecule has 0 bridgehead atoms. The Morgan fingerprint density at radius 3 is 1.94 bits per heavy atom. The van der Waals surface area contributed by atoms with Gasteiger partial charge in [0.25, 0.3) is 0 Å². The summed E-state index contributed by atoms with van der Waals surface area (Å²) in [7, 11) is 1.72. The number of hydrogen-bond donors (Lipinski definition) is 0. The number of ether oxygens (including phenoxy) is 1. The zero-order chi connectivity index (χ0) is 12.6. The monoisotopic (exact) mass is 221 g/mol. The predicted octanol–water partition coefficient (Wildman–Crippen LogP) is 3.69. The van der Waals surface area contributed by atoms with E-state index in [9.17, 15) is 0 Å². The van der Waals surface area contributed by atoms with E-state index >= 15 is 0 Å². The van der Waals surface area contributed by atoms with Gasteiger partial charge in [-0.05, 0) is 11.5 Å². The number of pyridine rings is 1. The van der Waals surface area contributed by atoms with Crippen LogP contribution in [0.25, 0.3) is 0 Å². The molecule has 0 amide bonds. The highest BCUT2D eigenvalue weighted by Gasteiger charge is 2.29. The first-order valence-electron chi connectivity index (χ1n) is 5.72. The van der Waals surface area contributed by atoms with E-state index in [1.54, 1.807) is 7.11 Å². The maximum absolute atomic E-state index is 5.47. The van der Waals surface area contributed by atoms with E-state index in [4.69, 9.17) is 4.74 Å². The Kier molecular flexibility index (Phi) is 3.32. The molecule has 1 aromatic rings. The topological polar surface area (TPSA) is 22.1 Å². The van der Waals surface area contributed by atoms with E-state index in [1.807, 2.05) is 12.3 Å². The van der Waals surface area contributed by atoms with Crippen LogP contribution in [0, 0.1) is 0 Å². The lowest BCUT2D eigenvalue weighted by Gasteiger charge is -2.30. The number of hydrogen-bond acceptors (Lipinski definition) is 2. The van der Waals surface area contributed by atoms with Crippen molar-refractivity contribution < 1.29 is 4.74 Å². The Bertz CT molecular complexity index is 369. The second kappa shape index (κ2) is 4.08. The second-order valence-electron chi connectivity index (χ2n) is 6.24. The van der Waals surface area contributed by atoms with Gasteiger partial charge in [0.15, 0.2) is 0 Å². The lowest BCUT2D eigenvalue weighted by atomic mass is 9.78. The standard InChI is InChI=1S/C14H23NO/c1-13(2,3)11-10(16-7)8-9-15-12(11)14(4,5)6/h8-9H,1-7H3. The third kappa shape index (κ3) is 2.55. The number of methoxy groups -OCH3 is 1. The molecule has 90 valence electrons. The van der Waals surface area contributed by atoms with Gasteiger partial charge in [-0.1, -0.05) is 41.5 Å². The van der Waals surface area contributed by atoms with Gasteiger partial charge in [-0.2, -0.15) is 0 Å². The third-order valence-electron chi connectivity index (χ3n) is 2.59. The molecule has 0 fully saturated rings. The van der Waals surface area contributed by atoms with Gasteiger partial charge in [-0.15, -0.1) is 0 Å². The minimum Gasteiger partial charge on any atom is -0.496 e. The van der Waals surface area contributed by atoms with Crippen molar-refractivity contribution in [3.8, 4) is 5.75 Å². The molecule has 1 aromatic heterocycles. The lowest BCUT2D eigenvalue weighted by Crippen LogP contribution is -2.24. The molecule has 0 saturated heterocycles. The molecule has 16 heavy (non-hydrogen) atoms. The lowest BCUT2D eigenvalue weighted by molar-refractivity contribution is 0.389. The first-order chi connectivity index (χ1) is 7.18. The molecular formula is C14H23NO. The summed E-state index contributed by atoms with van der Waals surface area (Å²) in [6, 6.07) is 1.94. The molecule has 0 atom stereocenters. The number of nitrogens with zero attached hydrogens (tertiary/aromatic N) is 1. The Balaban J connectivity index is 3.51. The molecule has 1 rings (SSSR count). The summed E-state index contributed by atoms with van der Waals surface area (Å²) < 4.78 is 5.47. The molecule has 0 radical (unpaired) electrons. The summed E-state index contributed by atoms with van der Waals surface area (Å²) in [5.74, 6) is 0.937. The van der Waals surface area contributed by atoms with Gasteiger partial charge >= 0.3 is 0 Å². The summed E-state index contributed by atoms with van der Waals surface area (Å²) in [5, 5.41) is 0. The van der Waals surface area contributed by atoms with Crippen molar-refractivity contribution >= 4 is 0 Å². The number of rotatable bonds is 1. The molecule has 0 spiro atoms. The van der Waals surface area contributed by atoms with Crippen LogP contribution >= 0.6 is 0 Å². The van der Waals surface area contributed by atoms with Crippen molar-refractivity contribution in [1.82, 2.24) is 4.98 Å². The van der Waals surface area contributed by atoms with E-state index in [-0.39, 0.29) is 10.8 Å². The number of aromatic nitrogens is 1. The Hall–Kier alpha value is -1.05. The fourth-order valence-corrected chi connectivity index (χ4v) is 1.91. The van der Waals surface area contributed by atoms with E-state index in [2.05, 4.69) is 46.5 Å². The first-order valence-corrected chi connectivity index (χ1v) is 5.72. The molecule has 0 aliphatic rings. The van der Waals surface area contributed by atoms with E-state index < -0.39 is 0 Å². The highest BCUT2D eigenvalue weighted by atomic mass is 16.5. The normalized spacial score (nSPS) is 12.7. The quantitative estimate of drug-likeness (QED) is 0.721. The smallest absolute Gasteiger partial charge is 0.125 e. The third-order valence-corrected chi connectivity index (χ3v) is 2.59. The molecule has 1 heterocycles. The van der Waals surface area contributed by atoms with Crippen LogP contribution in [0.5, 0.6) is 5.75 Å². The van der Waals surface area contributed by atoms with Gasteiger partial charge in [0.05, 0.1) is 12.8 Å². The van der Waals surface area contributed by atoms with Gasteiger partial charge in [-0.3, -0.25) is 4.98 Å². The summed E-state index contributed by atoms with van der Waals surface area (Å²) in [6.45, 7) is 13.1. The van der Waals surface area contributed by atoms with Crippen molar-refractivity contribution in [3.63, 3.8) is 0 Å². The molecule has 0 saturated carbocycles. The first kappa shape index (κ1) is 13.0. The minimum absolute atomic E-state index is 0.0388. The molecule has 0 N–H and O–H groups in total. The van der Waals surface area contributed by atoms with Crippen molar-refractivity contribution in [2.24, 2.45) is 0 Å². The molecule has 0 aliphatic heterocycles. The summed E-state index contributed by atoms with van der Waals surface area (Å²) >= 11 is 0. The zero-order valence-electron chi connectivity index (χ0n) is 11.5. The molecule has 0 aromatic carbocycles. The average Bonchev–Trinajstić information content (AvgIpc) is 2.13. The molecular weight excluding hydrogens is 198 g/mol. The fraction of sp³-hybridized carbons (Fsp3) is 0.643. The molecule has 2 heteroatoms. The van der Waals surface area contributed by atoms with Gasteiger partial charge in [0.2, 0.25) is 0 Å². The maximum atomic E-state index is 5.47. The van der Waals surface area contributed by atoms with Crippen LogP contribution in [0.1, 0.15) is 52.8 Å². The van der Waals surface area contributed by atoms with E-state index in [0.717, 1.165) is 11.4 Å². The van der Waals surface area contributed by atoms with Gasteiger partial charge in [-0.25, -0.2) is 0 Å². The summed E-state index contributed by atoms with van der Waals surface area (Å²) in [5.41, 5.74) is 2.42. The fourth-order valence-electron chi connectivity index (χ4n) is 1.91. The minimum atomic E-state index is 0.0388. The van der Waals surface area contributed by atoms with E-state index in [1.165, 1.54) is 5.56 Å². The van der Waals surface area contributed by atoms with Crippen LogP contribution in [0.2, 0.25) is 0 Å². The van der Waals surface area contributed by atoms with Crippen LogP contribution in [0.4, 0.5) is 0 Å². The summed E-state index contributed by atoms with van der Waals surface area (Å²) in [6.07, 6.45) is 1.83.